The van der Waals surface area contributed by atoms with E-state index >= 15 is 0 Å². The van der Waals surface area contributed by atoms with E-state index in [1.807, 2.05) is 36.4 Å². The Labute approximate surface area is 165 Å². The number of aryl methyl sites for hydroxylation is 1. The van der Waals surface area contributed by atoms with Crippen molar-refractivity contribution in [1.82, 2.24) is 9.47 Å². The standard InChI is InChI=1S/C21H20F3N3O2/c1-2-27-17-6-4-3-5-15(17)16-10-14(7-8-18(16)27)25-20(29)13-9-19(28)26(11-13)12-21(22,23)24/h3-8,10,13H,2,9,11-12H2,1H3,(H,25,29)/t13-/m1/s1. The van der Waals surface area contributed by atoms with Gasteiger partial charge in [-0.2, -0.15) is 13.2 Å². The number of fused-ring (bicyclic) bond motifs is 3. The summed E-state index contributed by atoms with van der Waals surface area (Å²) in [4.78, 5) is 25.1. The Morgan fingerprint density at radius 1 is 1.14 bits per heavy atom. The average Bonchev–Trinajstić information content (AvgIpc) is 3.18. The minimum Gasteiger partial charge on any atom is -0.341 e. The van der Waals surface area contributed by atoms with Crippen LogP contribution in [0, 0.1) is 5.92 Å². The molecule has 1 atom stereocenters. The second-order valence-corrected chi connectivity index (χ2v) is 7.27. The van der Waals surface area contributed by atoms with Crippen LogP contribution < -0.4 is 5.32 Å². The molecule has 1 aromatic heterocycles. The summed E-state index contributed by atoms with van der Waals surface area (Å²) in [6.07, 6.45) is -4.68. The molecule has 29 heavy (non-hydrogen) atoms. The molecule has 5 nitrogen and oxygen atoms in total. The van der Waals surface area contributed by atoms with Crippen LogP contribution in [0.1, 0.15) is 13.3 Å². The number of para-hydroxylation sites is 1. The minimum atomic E-state index is -4.47. The van der Waals surface area contributed by atoms with E-state index in [1.165, 1.54) is 0 Å². The van der Waals surface area contributed by atoms with Crippen molar-refractivity contribution >= 4 is 39.3 Å². The van der Waals surface area contributed by atoms with Crippen LogP contribution in [0.2, 0.25) is 0 Å². The van der Waals surface area contributed by atoms with Crippen LogP contribution in [-0.4, -0.2) is 40.5 Å². The molecule has 2 aromatic carbocycles. The highest BCUT2D eigenvalue weighted by atomic mass is 19.4. The number of rotatable bonds is 4. The number of hydrogen-bond acceptors (Lipinski definition) is 2. The fourth-order valence-electron chi connectivity index (χ4n) is 4.03. The van der Waals surface area contributed by atoms with E-state index in [2.05, 4.69) is 16.8 Å². The molecular weight excluding hydrogens is 383 g/mol. The van der Waals surface area contributed by atoms with Crippen molar-refractivity contribution in [3.05, 3.63) is 42.5 Å². The summed E-state index contributed by atoms with van der Waals surface area (Å²) >= 11 is 0. The number of halogens is 3. The number of nitrogens with zero attached hydrogens (tertiary/aromatic N) is 2. The molecule has 0 spiro atoms. The smallest absolute Gasteiger partial charge is 0.341 e. The zero-order chi connectivity index (χ0) is 20.8. The van der Waals surface area contributed by atoms with E-state index in [9.17, 15) is 22.8 Å². The normalized spacial score (nSPS) is 17.4. The van der Waals surface area contributed by atoms with E-state index in [0.717, 1.165) is 28.4 Å². The Bertz CT molecular complexity index is 1100. The van der Waals surface area contributed by atoms with Crippen molar-refractivity contribution < 1.29 is 22.8 Å². The number of alkyl halides is 3. The lowest BCUT2D eigenvalue weighted by atomic mass is 10.1. The van der Waals surface area contributed by atoms with E-state index in [-0.39, 0.29) is 13.0 Å². The number of anilines is 1. The summed E-state index contributed by atoms with van der Waals surface area (Å²) in [5.41, 5.74) is 2.69. The SMILES string of the molecule is CCn1c2ccccc2c2cc(NC(=O)[C@@H]3CC(=O)N(CC(F)(F)F)C3)ccc21. The maximum atomic E-state index is 12.6. The van der Waals surface area contributed by atoms with E-state index in [0.29, 0.717) is 10.6 Å². The Morgan fingerprint density at radius 2 is 1.86 bits per heavy atom. The fraction of sp³-hybridized carbons (Fsp3) is 0.333. The molecule has 3 aromatic rings. The quantitative estimate of drug-likeness (QED) is 0.711. The molecule has 0 bridgehead atoms. The summed E-state index contributed by atoms with van der Waals surface area (Å²) in [5, 5.41) is 4.81. The van der Waals surface area contributed by atoms with E-state index < -0.39 is 30.5 Å². The molecule has 2 heterocycles. The van der Waals surface area contributed by atoms with Crippen LogP contribution >= 0.6 is 0 Å². The highest BCUT2D eigenvalue weighted by Gasteiger charge is 2.40. The van der Waals surface area contributed by atoms with Gasteiger partial charge in [0, 0.05) is 47.0 Å². The summed E-state index contributed by atoms with van der Waals surface area (Å²) in [5.74, 6) is -1.89. The molecule has 0 unspecified atom stereocenters. The molecule has 4 rings (SSSR count). The van der Waals surface area contributed by atoms with Crippen molar-refractivity contribution in [3.8, 4) is 0 Å². The molecule has 1 saturated heterocycles. The second kappa shape index (κ2) is 7.09. The number of amides is 2. The lowest BCUT2D eigenvalue weighted by Crippen LogP contribution is -2.36. The molecule has 0 aliphatic carbocycles. The molecule has 0 radical (unpaired) electrons. The first-order chi connectivity index (χ1) is 13.8. The lowest BCUT2D eigenvalue weighted by molar-refractivity contribution is -0.157. The van der Waals surface area contributed by atoms with Gasteiger partial charge in [0.25, 0.3) is 0 Å². The number of carbonyl (C=O) groups excluding carboxylic acids is 2. The van der Waals surface area contributed by atoms with Crippen molar-refractivity contribution in [3.63, 3.8) is 0 Å². The fourth-order valence-corrected chi connectivity index (χ4v) is 4.03. The summed E-state index contributed by atoms with van der Waals surface area (Å²) in [6.45, 7) is 1.32. The van der Waals surface area contributed by atoms with E-state index in [4.69, 9.17) is 0 Å². The van der Waals surface area contributed by atoms with Crippen LogP contribution in [0.4, 0.5) is 18.9 Å². The third kappa shape index (κ3) is 3.66. The van der Waals surface area contributed by atoms with Gasteiger partial charge in [-0.15, -0.1) is 0 Å². The highest BCUT2D eigenvalue weighted by Crippen LogP contribution is 2.31. The van der Waals surface area contributed by atoms with Gasteiger partial charge in [0.15, 0.2) is 0 Å². The Balaban J connectivity index is 1.56. The molecule has 0 saturated carbocycles. The van der Waals surface area contributed by atoms with Gasteiger partial charge < -0.3 is 14.8 Å². The van der Waals surface area contributed by atoms with Crippen molar-refractivity contribution in [2.75, 3.05) is 18.4 Å². The first-order valence-corrected chi connectivity index (χ1v) is 9.43. The Hall–Kier alpha value is -3.03. The number of aromatic nitrogens is 1. The van der Waals surface area contributed by atoms with Crippen molar-refractivity contribution in [1.29, 1.82) is 0 Å². The third-order valence-corrected chi connectivity index (χ3v) is 5.31. The maximum Gasteiger partial charge on any atom is 0.406 e. The monoisotopic (exact) mass is 403 g/mol. The van der Waals surface area contributed by atoms with Crippen molar-refractivity contribution in [2.24, 2.45) is 5.92 Å². The largest absolute Gasteiger partial charge is 0.406 e. The first kappa shape index (κ1) is 19.3. The van der Waals surface area contributed by atoms with Crippen LogP contribution in [0.3, 0.4) is 0 Å². The number of hydrogen-bond donors (Lipinski definition) is 1. The summed E-state index contributed by atoms with van der Waals surface area (Å²) < 4.78 is 39.9. The molecule has 152 valence electrons. The molecule has 2 amide bonds. The Kier molecular flexibility index (Phi) is 4.72. The van der Waals surface area contributed by atoms with Crippen LogP contribution in [0.5, 0.6) is 0 Å². The average molecular weight is 403 g/mol. The van der Waals surface area contributed by atoms with Gasteiger partial charge in [-0.25, -0.2) is 0 Å². The first-order valence-electron chi connectivity index (χ1n) is 9.43. The molecular formula is C21H20F3N3O2. The molecule has 1 fully saturated rings. The van der Waals surface area contributed by atoms with Crippen molar-refractivity contribution in [2.45, 2.75) is 26.1 Å². The molecule has 1 N–H and O–H groups in total. The highest BCUT2D eigenvalue weighted by molar-refractivity contribution is 6.10. The number of carbonyl (C=O) groups is 2. The summed E-state index contributed by atoms with van der Waals surface area (Å²) in [7, 11) is 0. The summed E-state index contributed by atoms with van der Waals surface area (Å²) in [6, 6.07) is 13.5. The topological polar surface area (TPSA) is 54.3 Å². The van der Waals surface area contributed by atoms with Gasteiger partial charge in [0.2, 0.25) is 11.8 Å². The predicted molar refractivity (Wildman–Crippen MR) is 104 cm³/mol. The lowest BCUT2D eigenvalue weighted by Gasteiger charge is -2.18. The van der Waals surface area contributed by atoms with Gasteiger partial charge in [-0.1, -0.05) is 18.2 Å². The zero-order valence-electron chi connectivity index (χ0n) is 15.8. The van der Waals surface area contributed by atoms with Crippen LogP contribution in [-0.2, 0) is 16.1 Å². The molecule has 1 aliphatic heterocycles. The maximum absolute atomic E-state index is 12.6. The number of benzene rings is 2. The number of likely N-dealkylation sites (tertiary alicyclic amines) is 1. The van der Waals surface area contributed by atoms with Gasteiger partial charge in [-0.05, 0) is 31.2 Å². The van der Waals surface area contributed by atoms with E-state index in [1.54, 1.807) is 6.07 Å². The Morgan fingerprint density at radius 3 is 2.59 bits per heavy atom. The van der Waals surface area contributed by atoms with Gasteiger partial charge in [0.05, 0.1) is 5.92 Å². The van der Waals surface area contributed by atoms with Crippen LogP contribution in [0.25, 0.3) is 21.8 Å². The molecule has 1 aliphatic rings. The predicted octanol–water partition coefficient (Wildman–Crippen LogP) is 4.16. The van der Waals surface area contributed by atoms with Gasteiger partial charge in [-0.3, -0.25) is 9.59 Å². The van der Waals surface area contributed by atoms with Gasteiger partial charge >= 0.3 is 6.18 Å². The second-order valence-electron chi connectivity index (χ2n) is 7.27. The third-order valence-electron chi connectivity index (χ3n) is 5.31. The minimum absolute atomic E-state index is 0.209. The van der Waals surface area contributed by atoms with Gasteiger partial charge in [0.1, 0.15) is 6.54 Å². The molecule has 8 heteroatoms. The van der Waals surface area contributed by atoms with Crippen LogP contribution in [0.15, 0.2) is 42.5 Å². The zero-order valence-corrected chi connectivity index (χ0v) is 15.8. The number of nitrogens with one attached hydrogen (secondary N) is 1.